The Kier molecular flexibility index (Phi) is 6.76. The van der Waals surface area contributed by atoms with E-state index in [1.807, 2.05) is 59.5 Å². The van der Waals surface area contributed by atoms with E-state index >= 15 is 0 Å². The molecule has 8 heteroatoms. The lowest BCUT2D eigenvalue weighted by atomic mass is 9.77. The third-order valence-corrected chi connectivity index (χ3v) is 7.66. The van der Waals surface area contributed by atoms with E-state index in [9.17, 15) is 9.59 Å². The quantitative estimate of drug-likeness (QED) is 0.531. The van der Waals surface area contributed by atoms with Gasteiger partial charge in [0, 0.05) is 49.1 Å². The lowest BCUT2D eigenvalue weighted by Crippen LogP contribution is -2.46. The van der Waals surface area contributed by atoms with Crippen molar-refractivity contribution in [2.75, 3.05) is 38.2 Å². The number of anilines is 1. The number of furan rings is 1. The number of ether oxygens (including phenoxy) is 1. The molecule has 0 unspecified atom stereocenters. The van der Waals surface area contributed by atoms with E-state index in [1.54, 1.807) is 18.1 Å². The number of nitrogens with zero attached hydrogens (tertiary/aromatic N) is 2. The average Bonchev–Trinajstić information content (AvgIpc) is 3.56. The molecular weight excluding hydrogens is 468 g/mol. The third-order valence-electron chi connectivity index (χ3n) is 7.66. The Hall–Kier alpha value is -4.04. The molecule has 1 aromatic heterocycles. The molecule has 2 aliphatic rings. The van der Waals surface area contributed by atoms with Crippen LogP contribution in [0.1, 0.15) is 35.4 Å². The van der Waals surface area contributed by atoms with Crippen LogP contribution in [0.4, 0.5) is 5.69 Å². The van der Waals surface area contributed by atoms with E-state index in [-0.39, 0.29) is 11.8 Å². The third kappa shape index (κ3) is 4.49. The summed E-state index contributed by atoms with van der Waals surface area (Å²) in [7, 11) is 1.59. The van der Waals surface area contributed by atoms with Crippen LogP contribution in [0.5, 0.6) is 5.75 Å². The van der Waals surface area contributed by atoms with Gasteiger partial charge in [0.2, 0.25) is 5.91 Å². The molecule has 0 atom stereocenters. The van der Waals surface area contributed by atoms with Crippen LogP contribution in [0.2, 0.25) is 0 Å². The zero-order valence-corrected chi connectivity index (χ0v) is 21.0. The number of hydrogen-bond donors (Lipinski definition) is 2. The van der Waals surface area contributed by atoms with Crippen molar-refractivity contribution in [3.63, 3.8) is 0 Å². The molecule has 4 N–H and O–H groups in total. The molecule has 8 nitrogen and oxygen atoms in total. The monoisotopic (exact) mass is 500 g/mol. The smallest absolute Gasteiger partial charge is 0.289 e. The Labute approximate surface area is 216 Å². The molecule has 0 radical (unpaired) electrons. The Morgan fingerprint density at radius 3 is 2.46 bits per heavy atom. The molecule has 37 heavy (non-hydrogen) atoms. The van der Waals surface area contributed by atoms with Gasteiger partial charge in [0.1, 0.15) is 11.5 Å². The van der Waals surface area contributed by atoms with Crippen molar-refractivity contribution in [1.82, 2.24) is 4.90 Å². The molecule has 0 aliphatic carbocycles. The van der Waals surface area contributed by atoms with Crippen LogP contribution in [-0.2, 0) is 4.79 Å². The van der Waals surface area contributed by atoms with Gasteiger partial charge >= 0.3 is 0 Å². The number of methoxy groups -OCH3 is 1. The molecule has 3 heterocycles. The predicted molar refractivity (Wildman–Crippen MR) is 143 cm³/mol. The normalized spacial score (nSPS) is 17.5. The van der Waals surface area contributed by atoms with Gasteiger partial charge in [-0.05, 0) is 55.3 Å². The minimum Gasteiger partial charge on any atom is -0.496 e. The molecule has 0 saturated carbocycles. The summed E-state index contributed by atoms with van der Waals surface area (Å²) in [5.74, 6) is 1.59. The van der Waals surface area contributed by atoms with Gasteiger partial charge in [0.05, 0.1) is 12.5 Å². The molecule has 1 spiro atoms. The largest absolute Gasteiger partial charge is 0.496 e. The number of likely N-dealkylation sites (tertiary alicyclic amines) is 1. The van der Waals surface area contributed by atoms with E-state index in [0.29, 0.717) is 56.3 Å². The van der Waals surface area contributed by atoms with Gasteiger partial charge in [-0.25, -0.2) is 0 Å². The fraction of sp³-hybridized carbons (Fsp3) is 0.310. The standard InChI is InChI=1S/C29H32N4O4/c1-36-26-17-22(7-8-23(26)21(18-30)19-31)33-16-13-29(28(33)35)11-14-32(15-12-29)27(34)25-10-9-24(37-25)20-5-3-2-4-6-20/h2-10,17-18H,11-16,19,30-31H2,1H3/b21-18+. The van der Waals surface area contributed by atoms with Crippen LogP contribution in [0.25, 0.3) is 16.9 Å². The lowest BCUT2D eigenvalue weighted by molar-refractivity contribution is -0.127. The molecule has 3 aromatic rings. The molecule has 2 amide bonds. The Balaban J connectivity index is 1.26. The number of amides is 2. The van der Waals surface area contributed by atoms with Crippen molar-refractivity contribution in [2.24, 2.45) is 16.9 Å². The summed E-state index contributed by atoms with van der Waals surface area (Å²) in [6.45, 7) is 1.95. The van der Waals surface area contributed by atoms with Crippen molar-refractivity contribution in [2.45, 2.75) is 19.3 Å². The second-order valence-electron chi connectivity index (χ2n) is 9.59. The van der Waals surface area contributed by atoms with Gasteiger partial charge in [-0.3, -0.25) is 9.59 Å². The van der Waals surface area contributed by atoms with Crippen molar-refractivity contribution in [3.05, 3.63) is 78.2 Å². The van der Waals surface area contributed by atoms with Crippen molar-refractivity contribution < 1.29 is 18.7 Å². The van der Waals surface area contributed by atoms with Gasteiger partial charge in [-0.1, -0.05) is 30.3 Å². The Bertz CT molecular complexity index is 1320. The summed E-state index contributed by atoms with van der Waals surface area (Å²) in [5, 5.41) is 0. The van der Waals surface area contributed by atoms with Crippen LogP contribution in [0.3, 0.4) is 0 Å². The summed E-state index contributed by atoms with van der Waals surface area (Å²) in [4.78, 5) is 30.4. The summed E-state index contributed by atoms with van der Waals surface area (Å²) in [5.41, 5.74) is 14.4. The van der Waals surface area contributed by atoms with E-state index in [1.165, 1.54) is 6.20 Å². The molecule has 192 valence electrons. The highest BCUT2D eigenvalue weighted by Crippen LogP contribution is 2.44. The number of benzene rings is 2. The summed E-state index contributed by atoms with van der Waals surface area (Å²) < 4.78 is 11.4. The topological polar surface area (TPSA) is 115 Å². The van der Waals surface area contributed by atoms with Crippen LogP contribution < -0.4 is 21.1 Å². The number of hydrogen-bond acceptors (Lipinski definition) is 6. The average molecular weight is 501 g/mol. The maximum Gasteiger partial charge on any atom is 0.289 e. The second kappa shape index (κ2) is 10.1. The molecular formula is C29H32N4O4. The first-order valence-corrected chi connectivity index (χ1v) is 12.6. The van der Waals surface area contributed by atoms with E-state index in [0.717, 1.165) is 28.8 Å². The van der Waals surface area contributed by atoms with Gasteiger partial charge in [-0.15, -0.1) is 0 Å². The first kappa shape index (κ1) is 24.6. The highest BCUT2D eigenvalue weighted by Gasteiger charge is 2.49. The molecule has 2 aliphatic heterocycles. The molecule has 5 rings (SSSR count). The van der Waals surface area contributed by atoms with Crippen LogP contribution in [0, 0.1) is 5.41 Å². The van der Waals surface area contributed by atoms with Crippen molar-refractivity contribution in [1.29, 1.82) is 0 Å². The van der Waals surface area contributed by atoms with Gasteiger partial charge in [0.25, 0.3) is 5.91 Å². The first-order chi connectivity index (χ1) is 18.0. The fourth-order valence-electron chi connectivity index (χ4n) is 5.42. The SMILES string of the molecule is COc1cc(N2CCC3(CCN(C(=O)c4ccc(-c5ccccc5)o4)CC3)C2=O)ccc1/C(=C/N)CN. The number of rotatable bonds is 6. The van der Waals surface area contributed by atoms with Crippen LogP contribution in [-0.4, -0.2) is 50.0 Å². The zero-order valence-electron chi connectivity index (χ0n) is 21.0. The molecule has 0 bridgehead atoms. The van der Waals surface area contributed by atoms with Gasteiger partial charge < -0.3 is 30.4 Å². The number of piperidine rings is 1. The van der Waals surface area contributed by atoms with Gasteiger partial charge in [0.15, 0.2) is 5.76 Å². The predicted octanol–water partition coefficient (Wildman–Crippen LogP) is 3.87. The fourth-order valence-corrected chi connectivity index (χ4v) is 5.42. The van der Waals surface area contributed by atoms with Crippen LogP contribution >= 0.6 is 0 Å². The number of carbonyl (C=O) groups is 2. The molecule has 2 fully saturated rings. The summed E-state index contributed by atoms with van der Waals surface area (Å²) in [6.07, 6.45) is 3.49. The van der Waals surface area contributed by atoms with E-state index < -0.39 is 5.41 Å². The molecule has 2 aromatic carbocycles. The highest BCUT2D eigenvalue weighted by atomic mass is 16.5. The maximum absolute atomic E-state index is 13.6. The minimum absolute atomic E-state index is 0.104. The minimum atomic E-state index is -0.458. The van der Waals surface area contributed by atoms with Crippen LogP contribution in [0.15, 0.2) is 71.3 Å². The van der Waals surface area contributed by atoms with Crippen molar-refractivity contribution in [3.8, 4) is 17.1 Å². The highest BCUT2D eigenvalue weighted by molar-refractivity contribution is 6.00. The number of carbonyl (C=O) groups excluding carboxylic acids is 2. The van der Waals surface area contributed by atoms with E-state index in [4.69, 9.17) is 20.6 Å². The Morgan fingerprint density at radius 2 is 1.78 bits per heavy atom. The van der Waals surface area contributed by atoms with E-state index in [2.05, 4.69) is 0 Å². The maximum atomic E-state index is 13.6. The first-order valence-electron chi connectivity index (χ1n) is 12.6. The second-order valence-corrected chi connectivity index (χ2v) is 9.59. The summed E-state index contributed by atoms with van der Waals surface area (Å²) in [6, 6.07) is 18.9. The van der Waals surface area contributed by atoms with Gasteiger partial charge in [-0.2, -0.15) is 0 Å². The van der Waals surface area contributed by atoms with Crippen molar-refractivity contribution >= 4 is 23.1 Å². The molecule has 2 saturated heterocycles. The lowest BCUT2D eigenvalue weighted by Gasteiger charge is -2.37. The Morgan fingerprint density at radius 1 is 1.05 bits per heavy atom. The zero-order chi connectivity index (χ0) is 26.0. The summed E-state index contributed by atoms with van der Waals surface area (Å²) >= 11 is 0. The number of nitrogens with two attached hydrogens (primary N) is 2.